The Bertz CT molecular complexity index is 783. The van der Waals surface area contributed by atoms with E-state index in [4.69, 9.17) is 0 Å². The van der Waals surface area contributed by atoms with Crippen molar-refractivity contribution in [1.82, 2.24) is 9.62 Å². The molecule has 0 radical (unpaired) electrons. The van der Waals surface area contributed by atoms with Crippen LogP contribution in [-0.2, 0) is 23.1 Å². The number of sulfonamides is 1. The fraction of sp³-hybridized carbons (Fsp3) is 0.333. The highest BCUT2D eigenvalue weighted by Crippen LogP contribution is 2.18. The number of aryl methyl sites for hydroxylation is 2. The molecule has 124 valence electrons. The van der Waals surface area contributed by atoms with Crippen LogP contribution >= 0.6 is 0 Å². The minimum atomic E-state index is -3.52. The first-order valence-electron chi connectivity index (χ1n) is 7.58. The molecule has 0 saturated heterocycles. The number of hydrogen-bond donors (Lipinski definition) is 1. The standard InChI is InChI=1S/C18H24N2O2S/c1-14-9-10-15(2)18(11-14)23(21,22)19-12-16-7-5-6-8-17(16)13-20(3)4/h5-11,19H,12-13H2,1-4H3. The number of nitrogens with one attached hydrogen (secondary N) is 1. The fourth-order valence-electron chi connectivity index (χ4n) is 2.47. The van der Waals surface area contributed by atoms with E-state index >= 15 is 0 Å². The molecule has 2 aromatic rings. The topological polar surface area (TPSA) is 49.4 Å². The third-order valence-corrected chi connectivity index (χ3v) is 5.23. The largest absolute Gasteiger partial charge is 0.305 e. The second-order valence-corrected chi connectivity index (χ2v) is 7.84. The van der Waals surface area contributed by atoms with E-state index < -0.39 is 10.0 Å². The molecule has 0 aliphatic carbocycles. The summed E-state index contributed by atoms with van der Waals surface area (Å²) in [6, 6.07) is 13.4. The highest BCUT2D eigenvalue weighted by molar-refractivity contribution is 7.89. The molecule has 0 spiro atoms. The van der Waals surface area contributed by atoms with Gasteiger partial charge in [-0.25, -0.2) is 13.1 Å². The average Bonchev–Trinajstić information content (AvgIpc) is 2.48. The predicted molar refractivity (Wildman–Crippen MR) is 93.8 cm³/mol. The van der Waals surface area contributed by atoms with Gasteiger partial charge < -0.3 is 4.90 Å². The Hall–Kier alpha value is -1.69. The van der Waals surface area contributed by atoms with Crippen LogP contribution in [0.5, 0.6) is 0 Å². The maximum absolute atomic E-state index is 12.6. The monoisotopic (exact) mass is 332 g/mol. The maximum atomic E-state index is 12.6. The summed E-state index contributed by atoms with van der Waals surface area (Å²) >= 11 is 0. The molecule has 0 heterocycles. The lowest BCUT2D eigenvalue weighted by Crippen LogP contribution is -2.25. The van der Waals surface area contributed by atoms with E-state index in [2.05, 4.69) is 9.62 Å². The maximum Gasteiger partial charge on any atom is 0.241 e. The van der Waals surface area contributed by atoms with Crippen molar-refractivity contribution < 1.29 is 8.42 Å². The van der Waals surface area contributed by atoms with E-state index in [0.29, 0.717) is 11.4 Å². The fourth-order valence-corrected chi connectivity index (χ4v) is 3.81. The van der Waals surface area contributed by atoms with Crippen molar-refractivity contribution in [3.8, 4) is 0 Å². The lowest BCUT2D eigenvalue weighted by atomic mass is 10.1. The molecular formula is C18H24N2O2S. The van der Waals surface area contributed by atoms with Crippen LogP contribution in [0, 0.1) is 13.8 Å². The van der Waals surface area contributed by atoms with Crippen molar-refractivity contribution >= 4 is 10.0 Å². The number of rotatable bonds is 6. The van der Waals surface area contributed by atoms with Gasteiger partial charge in [0.15, 0.2) is 0 Å². The van der Waals surface area contributed by atoms with Gasteiger partial charge in [0.2, 0.25) is 10.0 Å². The van der Waals surface area contributed by atoms with E-state index in [-0.39, 0.29) is 0 Å². The molecule has 0 bridgehead atoms. The van der Waals surface area contributed by atoms with Crippen molar-refractivity contribution in [2.24, 2.45) is 0 Å². The van der Waals surface area contributed by atoms with Gasteiger partial charge in [-0.15, -0.1) is 0 Å². The van der Waals surface area contributed by atoms with Crippen LogP contribution in [-0.4, -0.2) is 27.4 Å². The Morgan fingerprint density at radius 1 is 1.00 bits per heavy atom. The zero-order chi connectivity index (χ0) is 17.0. The van der Waals surface area contributed by atoms with Crippen molar-refractivity contribution in [3.05, 3.63) is 64.7 Å². The summed E-state index contributed by atoms with van der Waals surface area (Å²) in [6.07, 6.45) is 0. The molecule has 0 saturated carbocycles. The molecule has 5 heteroatoms. The Labute approximate surface area is 139 Å². The summed E-state index contributed by atoms with van der Waals surface area (Å²) in [7, 11) is 0.474. The first-order valence-corrected chi connectivity index (χ1v) is 9.06. The summed E-state index contributed by atoms with van der Waals surface area (Å²) in [5, 5.41) is 0. The molecule has 0 amide bonds. The molecule has 0 fully saturated rings. The van der Waals surface area contributed by atoms with Gasteiger partial charge >= 0.3 is 0 Å². The molecule has 0 atom stereocenters. The second-order valence-electron chi connectivity index (χ2n) is 6.10. The molecule has 2 aromatic carbocycles. The van der Waals surface area contributed by atoms with Gasteiger partial charge in [-0.2, -0.15) is 0 Å². The van der Waals surface area contributed by atoms with E-state index in [1.165, 1.54) is 0 Å². The summed E-state index contributed by atoms with van der Waals surface area (Å²) in [6.45, 7) is 4.78. The van der Waals surface area contributed by atoms with Gasteiger partial charge in [-0.05, 0) is 56.3 Å². The molecule has 0 aromatic heterocycles. The van der Waals surface area contributed by atoms with Crippen molar-refractivity contribution in [2.45, 2.75) is 31.8 Å². The predicted octanol–water partition coefficient (Wildman–Crippen LogP) is 2.84. The van der Waals surface area contributed by atoms with Gasteiger partial charge in [-0.3, -0.25) is 0 Å². The Kier molecular flexibility index (Phi) is 5.57. The summed E-state index contributed by atoms with van der Waals surface area (Å²) in [5.74, 6) is 0. The average molecular weight is 332 g/mol. The quantitative estimate of drug-likeness (QED) is 0.885. The first-order chi connectivity index (χ1) is 10.8. The molecular weight excluding hydrogens is 308 g/mol. The molecule has 0 aliphatic rings. The van der Waals surface area contributed by atoms with Gasteiger partial charge in [0.1, 0.15) is 0 Å². The van der Waals surface area contributed by atoms with Gasteiger partial charge in [0.25, 0.3) is 0 Å². The van der Waals surface area contributed by atoms with Crippen LogP contribution in [0.4, 0.5) is 0 Å². The SMILES string of the molecule is Cc1ccc(C)c(S(=O)(=O)NCc2ccccc2CN(C)C)c1. The number of benzene rings is 2. The molecule has 2 rings (SSSR count). The third-order valence-electron chi connectivity index (χ3n) is 3.69. The van der Waals surface area contributed by atoms with Crippen LogP contribution < -0.4 is 4.72 Å². The van der Waals surface area contributed by atoms with Crippen LogP contribution in [0.2, 0.25) is 0 Å². The van der Waals surface area contributed by atoms with Gasteiger partial charge in [0.05, 0.1) is 4.90 Å². The van der Waals surface area contributed by atoms with E-state index in [1.54, 1.807) is 6.07 Å². The smallest absolute Gasteiger partial charge is 0.241 e. The first kappa shape index (κ1) is 17.7. The zero-order valence-corrected chi connectivity index (χ0v) is 14.9. The summed E-state index contributed by atoms with van der Waals surface area (Å²) < 4.78 is 27.9. The highest BCUT2D eigenvalue weighted by atomic mass is 32.2. The van der Waals surface area contributed by atoms with Crippen LogP contribution in [0.25, 0.3) is 0 Å². The minimum Gasteiger partial charge on any atom is -0.305 e. The third kappa shape index (κ3) is 4.64. The Balaban J connectivity index is 2.22. The van der Waals surface area contributed by atoms with Crippen molar-refractivity contribution in [2.75, 3.05) is 14.1 Å². The Morgan fingerprint density at radius 3 is 2.30 bits per heavy atom. The van der Waals surface area contributed by atoms with Crippen molar-refractivity contribution in [3.63, 3.8) is 0 Å². The highest BCUT2D eigenvalue weighted by Gasteiger charge is 2.17. The van der Waals surface area contributed by atoms with E-state index in [9.17, 15) is 8.42 Å². The normalized spacial score (nSPS) is 11.9. The van der Waals surface area contributed by atoms with E-state index in [1.807, 2.05) is 64.3 Å². The van der Waals surface area contributed by atoms with Gasteiger partial charge in [-0.1, -0.05) is 36.4 Å². The summed E-state index contributed by atoms with van der Waals surface area (Å²) in [5.41, 5.74) is 3.81. The molecule has 4 nitrogen and oxygen atoms in total. The van der Waals surface area contributed by atoms with Gasteiger partial charge in [0, 0.05) is 13.1 Å². The molecule has 23 heavy (non-hydrogen) atoms. The lowest BCUT2D eigenvalue weighted by molar-refractivity contribution is 0.400. The van der Waals surface area contributed by atoms with Crippen LogP contribution in [0.3, 0.4) is 0 Å². The molecule has 0 aliphatic heterocycles. The Morgan fingerprint density at radius 2 is 1.65 bits per heavy atom. The number of nitrogens with zero attached hydrogens (tertiary/aromatic N) is 1. The summed E-state index contributed by atoms with van der Waals surface area (Å²) in [4.78, 5) is 2.42. The second kappa shape index (κ2) is 7.25. The molecule has 0 unspecified atom stereocenters. The van der Waals surface area contributed by atoms with Crippen LogP contribution in [0.15, 0.2) is 47.4 Å². The van der Waals surface area contributed by atoms with Crippen LogP contribution in [0.1, 0.15) is 22.3 Å². The number of hydrogen-bond acceptors (Lipinski definition) is 3. The molecule has 1 N–H and O–H groups in total. The zero-order valence-electron chi connectivity index (χ0n) is 14.1. The van der Waals surface area contributed by atoms with E-state index in [0.717, 1.165) is 28.8 Å². The lowest BCUT2D eigenvalue weighted by Gasteiger charge is -2.15. The minimum absolute atomic E-state index is 0.291. The van der Waals surface area contributed by atoms with Crippen molar-refractivity contribution in [1.29, 1.82) is 0 Å².